The Balaban J connectivity index is 1.39. The van der Waals surface area contributed by atoms with Crippen LogP contribution in [0.15, 0.2) is 55.2 Å². The molecule has 0 spiro atoms. The topological polar surface area (TPSA) is 98.6 Å². The van der Waals surface area contributed by atoms with Gasteiger partial charge in [-0.05, 0) is 29.8 Å². The van der Waals surface area contributed by atoms with Crippen molar-refractivity contribution < 1.29 is 19.1 Å². The Bertz CT molecular complexity index is 1100. The zero-order chi connectivity index (χ0) is 20.7. The van der Waals surface area contributed by atoms with Crippen LogP contribution in [0, 0.1) is 0 Å². The van der Waals surface area contributed by atoms with Crippen LogP contribution in [0.3, 0.4) is 0 Å². The van der Waals surface area contributed by atoms with E-state index in [9.17, 15) is 9.59 Å². The molecule has 0 saturated carbocycles. The Morgan fingerprint density at radius 1 is 1.27 bits per heavy atom. The second-order valence-electron chi connectivity index (χ2n) is 7.17. The zero-order valence-corrected chi connectivity index (χ0v) is 16.2. The molecule has 3 aromatic rings. The van der Waals surface area contributed by atoms with Gasteiger partial charge in [-0.1, -0.05) is 6.07 Å². The Labute approximate surface area is 172 Å². The molecule has 30 heavy (non-hydrogen) atoms. The van der Waals surface area contributed by atoms with Crippen LogP contribution >= 0.6 is 0 Å². The van der Waals surface area contributed by atoms with Crippen molar-refractivity contribution in [1.82, 2.24) is 19.9 Å². The van der Waals surface area contributed by atoms with Crippen LogP contribution < -0.4 is 15.0 Å². The van der Waals surface area contributed by atoms with Gasteiger partial charge in [0.25, 0.3) is 0 Å². The molecule has 0 radical (unpaired) electrons. The number of nitrogens with one attached hydrogen (secondary N) is 1. The van der Waals surface area contributed by atoms with Crippen LogP contribution in [0.5, 0.6) is 5.75 Å². The average molecular weight is 405 g/mol. The number of rotatable bonds is 4. The standard InChI is InChI=1S/C21H19N5O4/c1-13(27)23-10-19-17-11-29-18-8-14(2-4-16(18)26(17)21(28)30-19)15-3-5-20(24-9-15)25-7-6-22-12-25/h2-9,12,17,19H,10-11H2,1H3,(H,23,27)/t17-,19-/m0/s1. The van der Waals surface area contributed by atoms with E-state index in [0.29, 0.717) is 18.0 Å². The average Bonchev–Trinajstić information content (AvgIpc) is 3.40. The third-order valence-corrected chi connectivity index (χ3v) is 5.24. The van der Waals surface area contributed by atoms with Crippen LogP contribution in [0.4, 0.5) is 10.5 Å². The number of pyridine rings is 1. The molecule has 1 aromatic carbocycles. The molecular weight excluding hydrogens is 386 g/mol. The molecule has 1 N–H and O–H groups in total. The van der Waals surface area contributed by atoms with E-state index in [4.69, 9.17) is 9.47 Å². The van der Waals surface area contributed by atoms with E-state index in [1.54, 1.807) is 23.6 Å². The van der Waals surface area contributed by atoms with Gasteiger partial charge >= 0.3 is 6.09 Å². The summed E-state index contributed by atoms with van der Waals surface area (Å²) in [6.07, 6.45) is 6.14. The number of nitrogens with zero attached hydrogens (tertiary/aromatic N) is 4. The predicted molar refractivity (Wildman–Crippen MR) is 108 cm³/mol. The molecule has 2 aliphatic rings. The monoisotopic (exact) mass is 405 g/mol. The van der Waals surface area contributed by atoms with Gasteiger partial charge in [-0.3, -0.25) is 14.3 Å². The van der Waals surface area contributed by atoms with E-state index in [1.165, 1.54) is 6.92 Å². The number of fused-ring (bicyclic) bond motifs is 3. The molecule has 0 aliphatic carbocycles. The van der Waals surface area contributed by atoms with Crippen molar-refractivity contribution in [2.45, 2.75) is 19.1 Å². The SMILES string of the molecule is CC(=O)NC[C@@H]1OC(=O)N2c3ccc(-c4ccc(-n5ccnc5)nc4)cc3OC[C@@H]12. The van der Waals surface area contributed by atoms with Crippen LogP contribution in [0.25, 0.3) is 16.9 Å². The summed E-state index contributed by atoms with van der Waals surface area (Å²) in [6.45, 7) is 1.98. The number of aromatic nitrogens is 3. The van der Waals surface area contributed by atoms with E-state index in [2.05, 4.69) is 15.3 Å². The molecule has 4 heterocycles. The summed E-state index contributed by atoms with van der Waals surface area (Å²) in [4.78, 5) is 33.8. The highest BCUT2D eigenvalue weighted by molar-refractivity contribution is 5.94. The molecule has 2 aromatic heterocycles. The largest absolute Gasteiger partial charge is 0.489 e. The third-order valence-electron chi connectivity index (χ3n) is 5.24. The second-order valence-corrected chi connectivity index (χ2v) is 7.17. The van der Waals surface area contributed by atoms with Gasteiger partial charge in [-0.2, -0.15) is 0 Å². The normalized spacial score (nSPS) is 19.5. The van der Waals surface area contributed by atoms with Gasteiger partial charge in [0.2, 0.25) is 5.91 Å². The molecule has 9 nitrogen and oxygen atoms in total. The first kappa shape index (κ1) is 18.2. The van der Waals surface area contributed by atoms with E-state index in [-0.39, 0.29) is 18.5 Å². The maximum Gasteiger partial charge on any atom is 0.415 e. The third kappa shape index (κ3) is 3.14. The summed E-state index contributed by atoms with van der Waals surface area (Å²) >= 11 is 0. The maximum absolute atomic E-state index is 12.4. The van der Waals surface area contributed by atoms with Crippen LogP contribution in [0.1, 0.15) is 6.92 Å². The number of amides is 2. The van der Waals surface area contributed by atoms with Gasteiger partial charge in [0.1, 0.15) is 36.6 Å². The molecule has 1 saturated heterocycles. The van der Waals surface area contributed by atoms with Crippen molar-refractivity contribution >= 4 is 17.7 Å². The first-order chi connectivity index (χ1) is 14.6. The van der Waals surface area contributed by atoms with Crippen molar-refractivity contribution in [2.24, 2.45) is 0 Å². The highest BCUT2D eigenvalue weighted by atomic mass is 16.6. The summed E-state index contributed by atoms with van der Waals surface area (Å²) in [6, 6.07) is 9.28. The quantitative estimate of drug-likeness (QED) is 0.714. The molecule has 0 bridgehead atoms. The van der Waals surface area contributed by atoms with E-state index < -0.39 is 12.2 Å². The molecule has 1 fully saturated rings. The summed E-state index contributed by atoms with van der Waals surface area (Å²) < 4.78 is 13.2. The van der Waals surface area contributed by atoms with Gasteiger partial charge in [-0.25, -0.2) is 14.8 Å². The number of hydrogen-bond donors (Lipinski definition) is 1. The smallest absolute Gasteiger partial charge is 0.415 e. The lowest BCUT2D eigenvalue weighted by atomic mass is 10.0. The van der Waals surface area contributed by atoms with Crippen molar-refractivity contribution in [3.05, 3.63) is 55.2 Å². The lowest BCUT2D eigenvalue weighted by molar-refractivity contribution is -0.119. The Hall–Kier alpha value is -3.88. The highest BCUT2D eigenvalue weighted by Gasteiger charge is 2.46. The van der Waals surface area contributed by atoms with Gasteiger partial charge in [0.05, 0.1) is 12.2 Å². The molecule has 2 amide bonds. The van der Waals surface area contributed by atoms with E-state index in [1.807, 2.05) is 41.1 Å². The summed E-state index contributed by atoms with van der Waals surface area (Å²) in [5.41, 5.74) is 2.52. The summed E-state index contributed by atoms with van der Waals surface area (Å²) in [7, 11) is 0. The van der Waals surface area contributed by atoms with Gasteiger partial charge < -0.3 is 14.8 Å². The van der Waals surface area contributed by atoms with Crippen LogP contribution in [0.2, 0.25) is 0 Å². The number of benzene rings is 1. The van der Waals surface area contributed by atoms with Gasteiger partial charge in [0, 0.05) is 31.1 Å². The zero-order valence-electron chi connectivity index (χ0n) is 16.2. The Morgan fingerprint density at radius 3 is 2.87 bits per heavy atom. The van der Waals surface area contributed by atoms with Crippen molar-refractivity contribution in [2.75, 3.05) is 18.1 Å². The number of hydrogen-bond acceptors (Lipinski definition) is 6. The van der Waals surface area contributed by atoms with Gasteiger partial charge in [0.15, 0.2) is 0 Å². The van der Waals surface area contributed by atoms with E-state index >= 15 is 0 Å². The number of carbonyl (C=O) groups is 2. The van der Waals surface area contributed by atoms with Crippen molar-refractivity contribution in [1.29, 1.82) is 0 Å². The molecule has 152 valence electrons. The Kier molecular flexibility index (Phi) is 4.35. The van der Waals surface area contributed by atoms with E-state index in [0.717, 1.165) is 16.9 Å². The minimum Gasteiger partial charge on any atom is -0.489 e. The number of cyclic esters (lactones) is 1. The van der Waals surface area contributed by atoms with Crippen molar-refractivity contribution in [3.8, 4) is 22.7 Å². The van der Waals surface area contributed by atoms with Crippen molar-refractivity contribution in [3.63, 3.8) is 0 Å². The fraction of sp³-hybridized carbons (Fsp3) is 0.238. The first-order valence-corrected chi connectivity index (χ1v) is 9.56. The van der Waals surface area contributed by atoms with Crippen LogP contribution in [-0.2, 0) is 9.53 Å². The molecule has 9 heteroatoms. The number of carbonyl (C=O) groups excluding carboxylic acids is 2. The number of anilines is 1. The maximum atomic E-state index is 12.4. The lowest BCUT2D eigenvalue weighted by Gasteiger charge is -2.31. The molecule has 0 unspecified atom stereocenters. The summed E-state index contributed by atoms with van der Waals surface area (Å²) in [5.74, 6) is 1.22. The van der Waals surface area contributed by atoms with Gasteiger partial charge in [-0.15, -0.1) is 0 Å². The molecule has 5 rings (SSSR count). The highest BCUT2D eigenvalue weighted by Crippen LogP contribution is 2.40. The lowest BCUT2D eigenvalue weighted by Crippen LogP contribution is -2.47. The molecule has 2 aliphatic heterocycles. The fourth-order valence-electron chi connectivity index (χ4n) is 3.74. The number of ether oxygens (including phenoxy) is 2. The Morgan fingerprint density at radius 2 is 2.13 bits per heavy atom. The minimum absolute atomic E-state index is 0.168. The molecule has 2 atom stereocenters. The van der Waals surface area contributed by atoms with Crippen LogP contribution in [-0.4, -0.2) is 51.8 Å². The minimum atomic E-state index is -0.450. The first-order valence-electron chi connectivity index (χ1n) is 9.56. The predicted octanol–water partition coefficient (Wildman–Crippen LogP) is 2.16. The molecular formula is C21H19N5O4. The number of imidazole rings is 1. The second kappa shape index (κ2) is 7.18. The fourth-order valence-corrected chi connectivity index (χ4v) is 3.74. The summed E-state index contributed by atoms with van der Waals surface area (Å²) in [5, 5.41) is 2.70.